The predicted octanol–water partition coefficient (Wildman–Crippen LogP) is 2.84. The first-order valence-electron chi connectivity index (χ1n) is 8.93. The Morgan fingerprint density at radius 2 is 1.89 bits per heavy atom. The topological polar surface area (TPSA) is 74.8 Å². The van der Waals surface area contributed by atoms with Crippen LogP contribution in [0.1, 0.15) is 25.5 Å². The molecule has 0 saturated heterocycles. The van der Waals surface area contributed by atoms with E-state index in [1.165, 1.54) is 16.3 Å². The standard InChI is InChI=1S/C20H28N4O2.HI/c1-4-21-20(23-14-19(25)22-12-13-26-3)24-15(2)17-11-7-9-16-8-5-6-10-18(16)17;/h5-11,15H,4,12-14H2,1-3H3,(H,22,25)(H2,21,23,24);1H. The van der Waals surface area contributed by atoms with Gasteiger partial charge < -0.3 is 20.7 Å². The van der Waals surface area contributed by atoms with Crippen LogP contribution in [0.25, 0.3) is 10.8 Å². The summed E-state index contributed by atoms with van der Waals surface area (Å²) in [4.78, 5) is 16.2. The fourth-order valence-electron chi connectivity index (χ4n) is 2.73. The van der Waals surface area contributed by atoms with Crippen molar-refractivity contribution < 1.29 is 9.53 Å². The summed E-state index contributed by atoms with van der Waals surface area (Å²) in [5.41, 5.74) is 1.19. The van der Waals surface area contributed by atoms with Crippen molar-refractivity contribution in [2.45, 2.75) is 19.9 Å². The maximum Gasteiger partial charge on any atom is 0.241 e. The monoisotopic (exact) mass is 484 g/mol. The SMILES string of the molecule is CCNC(=NCC(=O)NCCOC)NC(C)c1cccc2ccccc12.I. The third-order valence-corrected chi connectivity index (χ3v) is 4.00. The molecule has 3 N–H and O–H groups in total. The molecule has 0 saturated carbocycles. The minimum Gasteiger partial charge on any atom is -0.383 e. The number of ether oxygens (including phenoxy) is 1. The first kappa shape index (κ1) is 23.2. The van der Waals surface area contributed by atoms with Gasteiger partial charge >= 0.3 is 0 Å². The van der Waals surface area contributed by atoms with E-state index in [-0.39, 0.29) is 42.5 Å². The number of carbonyl (C=O) groups is 1. The van der Waals surface area contributed by atoms with Crippen molar-refractivity contribution in [2.75, 3.05) is 33.4 Å². The molecule has 2 aromatic carbocycles. The molecule has 7 heteroatoms. The second-order valence-corrected chi connectivity index (χ2v) is 5.97. The molecule has 0 aliphatic heterocycles. The van der Waals surface area contributed by atoms with Gasteiger partial charge in [-0.1, -0.05) is 42.5 Å². The average molecular weight is 484 g/mol. The molecule has 1 amide bonds. The van der Waals surface area contributed by atoms with Gasteiger partial charge in [-0.25, -0.2) is 4.99 Å². The number of rotatable bonds is 8. The Bertz CT molecular complexity index is 746. The van der Waals surface area contributed by atoms with Crippen LogP contribution in [0.3, 0.4) is 0 Å². The fourth-order valence-corrected chi connectivity index (χ4v) is 2.73. The molecule has 6 nitrogen and oxygen atoms in total. The third kappa shape index (κ3) is 7.34. The molecule has 0 heterocycles. The maximum absolute atomic E-state index is 11.8. The summed E-state index contributed by atoms with van der Waals surface area (Å²) >= 11 is 0. The number of fused-ring (bicyclic) bond motifs is 1. The van der Waals surface area contributed by atoms with E-state index in [9.17, 15) is 4.79 Å². The van der Waals surface area contributed by atoms with Crippen LogP contribution < -0.4 is 16.0 Å². The molecule has 2 aromatic rings. The quantitative estimate of drug-likeness (QED) is 0.233. The zero-order valence-corrected chi connectivity index (χ0v) is 18.4. The number of hydrogen-bond acceptors (Lipinski definition) is 3. The Morgan fingerprint density at radius 3 is 2.63 bits per heavy atom. The molecule has 0 fully saturated rings. The van der Waals surface area contributed by atoms with Crippen LogP contribution >= 0.6 is 24.0 Å². The number of carbonyl (C=O) groups excluding carboxylic acids is 1. The van der Waals surface area contributed by atoms with Gasteiger partial charge in [-0.15, -0.1) is 24.0 Å². The molecule has 0 aliphatic carbocycles. The second-order valence-electron chi connectivity index (χ2n) is 5.97. The molecular formula is C20H29IN4O2. The molecule has 148 valence electrons. The number of hydrogen-bond donors (Lipinski definition) is 3. The largest absolute Gasteiger partial charge is 0.383 e. The molecule has 0 radical (unpaired) electrons. The van der Waals surface area contributed by atoms with Crippen LogP contribution in [-0.2, 0) is 9.53 Å². The van der Waals surface area contributed by atoms with Crippen LogP contribution in [0.5, 0.6) is 0 Å². The average Bonchev–Trinajstić information content (AvgIpc) is 2.66. The minimum absolute atomic E-state index is 0. The Kier molecular flexibility index (Phi) is 10.7. The highest BCUT2D eigenvalue weighted by molar-refractivity contribution is 14.0. The van der Waals surface area contributed by atoms with E-state index < -0.39 is 0 Å². The van der Waals surface area contributed by atoms with Gasteiger partial charge in [0.1, 0.15) is 6.54 Å². The molecule has 1 unspecified atom stereocenters. The van der Waals surface area contributed by atoms with E-state index in [1.54, 1.807) is 7.11 Å². The van der Waals surface area contributed by atoms with Crippen molar-refractivity contribution in [3.8, 4) is 0 Å². The summed E-state index contributed by atoms with van der Waals surface area (Å²) in [6.45, 7) is 5.86. The number of benzene rings is 2. The number of halogens is 1. The summed E-state index contributed by atoms with van der Waals surface area (Å²) in [7, 11) is 1.60. The van der Waals surface area contributed by atoms with E-state index in [4.69, 9.17) is 4.74 Å². The number of aliphatic imine (C=N–C) groups is 1. The zero-order valence-electron chi connectivity index (χ0n) is 16.1. The molecule has 27 heavy (non-hydrogen) atoms. The zero-order chi connectivity index (χ0) is 18.8. The van der Waals surface area contributed by atoms with E-state index in [0.717, 1.165) is 6.54 Å². The lowest BCUT2D eigenvalue weighted by Gasteiger charge is -2.19. The Balaban J connectivity index is 0.00000364. The van der Waals surface area contributed by atoms with Crippen molar-refractivity contribution in [2.24, 2.45) is 4.99 Å². The van der Waals surface area contributed by atoms with Gasteiger partial charge in [0.15, 0.2) is 5.96 Å². The van der Waals surface area contributed by atoms with Crippen LogP contribution in [0.2, 0.25) is 0 Å². The van der Waals surface area contributed by atoms with E-state index in [2.05, 4.69) is 58.2 Å². The molecule has 0 spiro atoms. The lowest BCUT2D eigenvalue weighted by molar-refractivity contribution is -0.119. The number of nitrogens with one attached hydrogen (secondary N) is 3. The summed E-state index contributed by atoms with van der Waals surface area (Å²) in [6.07, 6.45) is 0. The molecule has 1 atom stereocenters. The second kappa shape index (κ2) is 12.5. The summed E-state index contributed by atoms with van der Waals surface area (Å²) in [5.74, 6) is 0.492. The van der Waals surface area contributed by atoms with Crippen LogP contribution in [-0.4, -0.2) is 45.2 Å². The van der Waals surface area contributed by atoms with Gasteiger partial charge in [0.2, 0.25) is 5.91 Å². The first-order chi connectivity index (χ1) is 12.7. The highest BCUT2D eigenvalue weighted by Crippen LogP contribution is 2.23. The third-order valence-electron chi connectivity index (χ3n) is 4.00. The molecule has 2 rings (SSSR count). The van der Waals surface area contributed by atoms with Gasteiger partial charge in [-0.3, -0.25) is 4.79 Å². The molecule has 0 aromatic heterocycles. The van der Waals surface area contributed by atoms with Crippen LogP contribution in [0, 0.1) is 0 Å². The minimum atomic E-state index is -0.128. The number of amides is 1. The van der Waals surface area contributed by atoms with Crippen molar-refractivity contribution in [3.63, 3.8) is 0 Å². The highest BCUT2D eigenvalue weighted by Gasteiger charge is 2.11. The van der Waals surface area contributed by atoms with Gasteiger partial charge in [0.25, 0.3) is 0 Å². The summed E-state index contributed by atoms with van der Waals surface area (Å²) in [5, 5.41) is 11.8. The van der Waals surface area contributed by atoms with E-state index in [1.807, 2.05) is 19.1 Å². The normalized spacial score (nSPS) is 12.2. The smallest absolute Gasteiger partial charge is 0.241 e. The Labute approximate surface area is 178 Å². The molecule has 0 aliphatic rings. The number of guanidine groups is 1. The van der Waals surface area contributed by atoms with Crippen LogP contribution in [0.15, 0.2) is 47.5 Å². The molecule has 0 bridgehead atoms. The van der Waals surface area contributed by atoms with Gasteiger partial charge in [0, 0.05) is 20.2 Å². The summed E-state index contributed by atoms with van der Waals surface area (Å²) < 4.78 is 4.92. The van der Waals surface area contributed by atoms with Crippen molar-refractivity contribution in [1.82, 2.24) is 16.0 Å². The van der Waals surface area contributed by atoms with Crippen LogP contribution in [0.4, 0.5) is 0 Å². The Morgan fingerprint density at radius 1 is 1.15 bits per heavy atom. The number of nitrogens with zero attached hydrogens (tertiary/aromatic N) is 1. The molecular weight excluding hydrogens is 455 g/mol. The van der Waals surface area contributed by atoms with Crippen molar-refractivity contribution in [3.05, 3.63) is 48.0 Å². The highest BCUT2D eigenvalue weighted by atomic mass is 127. The van der Waals surface area contributed by atoms with Crippen molar-refractivity contribution in [1.29, 1.82) is 0 Å². The van der Waals surface area contributed by atoms with E-state index >= 15 is 0 Å². The van der Waals surface area contributed by atoms with Gasteiger partial charge in [-0.05, 0) is 30.2 Å². The maximum atomic E-state index is 11.8. The first-order valence-corrected chi connectivity index (χ1v) is 8.93. The summed E-state index contributed by atoms with van der Waals surface area (Å²) in [6, 6.07) is 14.6. The predicted molar refractivity (Wildman–Crippen MR) is 122 cm³/mol. The van der Waals surface area contributed by atoms with E-state index in [0.29, 0.717) is 19.1 Å². The Hall–Kier alpha value is -1.87. The van der Waals surface area contributed by atoms with Gasteiger partial charge in [-0.2, -0.15) is 0 Å². The van der Waals surface area contributed by atoms with Crippen molar-refractivity contribution >= 4 is 46.6 Å². The fraction of sp³-hybridized carbons (Fsp3) is 0.400. The number of methoxy groups -OCH3 is 1. The van der Waals surface area contributed by atoms with Gasteiger partial charge in [0.05, 0.1) is 12.6 Å². The lowest BCUT2D eigenvalue weighted by atomic mass is 10.00. The lowest BCUT2D eigenvalue weighted by Crippen LogP contribution is -2.40.